The maximum Gasteiger partial charge on any atom is 0.252 e. The third-order valence-corrected chi connectivity index (χ3v) is 8.81. The number of carbonyl (C=O) groups excluding carboxylic acids is 1. The first-order valence-corrected chi connectivity index (χ1v) is 12.7. The molecule has 0 aliphatic carbocycles. The van der Waals surface area contributed by atoms with Crippen LogP contribution in [-0.4, -0.2) is 62.9 Å². The van der Waals surface area contributed by atoms with Gasteiger partial charge in [-0.1, -0.05) is 23.2 Å². The average Bonchev–Trinajstić information content (AvgIpc) is 3.06. The second-order valence-electron chi connectivity index (χ2n) is 7.00. The summed E-state index contributed by atoms with van der Waals surface area (Å²) in [6.45, 7) is 2.16. The minimum atomic E-state index is -3.59. The Hall–Kier alpha value is -1.78. The third-order valence-electron chi connectivity index (χ3n) is 4.94. The number of rotatable bonds is 4. The molecule has 0 radical (unpaired) electrons. The number of piperazine rings is 1. The maximum atomic E-state index is 12.7. The average molecular weight is 503 g/mol. The summed E-state index contributed by atoms with van der Waals surface area (Å²) < 4.78 is 38.7. The van der Waals surface area contributed by atoms with Gasteiger partial charge in [0.15, 0.2) is 11.5 Å². The van der Waals surface area contributed by atoms with Crippen molar-refractivity contribution in [3.05, 3.63) is 45.3 Å². The van der Waals surface area contributed by atoms with Gasteiger partial charge in [0.2, 0.25) is 5.91 Å². The molecule has 0 bridgehead atoms. The number of benzene rings is 1. The van der Waals surface area contributed by atoms with Crippen molar-refractivity contribution in [2.75, 3.05) is 39.4 Å². The first-order valence-electron chi connectivity index (χ1n) is 9.66. The molecule has 0 spiro atoms. The lowest BCUT2D eigenvalue weighted by atomic mass is 10.1. The summed E-state index contributed by atoms with van der Waals surface area (Å²) in [6, 6.07) is 6.57. The van der Waals surface area contributed by atoms with Crippen LogP contribution in [0.25, 0.3) is 6.08 Å². The zero-order valence-electron chi connectivity index (χ0n) is 16.4. The van der Waals surface area contributed by atoms with Gasteiger partial charge in [-0.05, 0) is 35.9 Å². The Labute approximate surface area is 194 Å². The molecular weight excluding hydrogens is 483 g/mol. The zero-order valence-corrected chi connectivity index (χ0v) is 19.6. The van der Waals surface area contributed by atoms with E-state index >= 15 is 0 Å². The van der Waals surface area contributed by atoms with Crippen LogP contribution in [0.5, 0.6) is 11.5 Å². The monoisotopic (exact) mass is 502 g/mol. The van der Waals surface area contributed by atoms with Crippen LogP contribution in [0, 0.1) is 0 Å². The summed E-state index contributed by atoms with van der Waals surface area (Å²) in [4.78, 5) is 14.2. The summed E-state index contributed by atoms with van der Waals surface area (Å²) in [7, 11) is -3.59. The maximum absolute atomic E-state index is 12.7. The predicted octanol–water partition coefficient (Wildman–Crippen LogP) is 3.76. The molecule has 4 rings (SSSR count). The van der Waals surface area contributed by atoms with Crippen molar-refractivity contribution in [1.82, 2.24) is 9.21 Å². The Bertz CT molecular complexity index is 1110. The lowest BCUT2D eigenvalue weighted by molar-refractivity contribution is -0.127. The number of halogens is 2. The number of amides is 1. The molecule has 2 aliphatic rings. The van der Waals surface area contributed by atoms with Crippen LogP contribution in [0.2, 0.25) is 9.36 Å². The summed E-state index contributed by atoms with van der Waals surface area (Å²) in [5, 5.41) is 0.430. The lowest BCUT2D eigenvalue weighted by Crippen LogP contribution is -2.50. The lowest BCUT2D eigenvalue weighted by Gasteiger charge is -2.33. The fourth-order valence-corrected chi connectivity index (χ4v) is 6.67. The normalized spacial score (nSPS) is 17.7. The van der Waals surface area contributed by atoms with Gasteiger partial charge in [0.25, 0.3) is 10.0 Å². The van der Waals surface area contributed by atoms with Crippen molar-refractivity contribution in [3.8, 4) is 11.5 Å². The fraction of sp³-hybridized carbons (Fsp3) is 0.350. The Morgan fingerprint density at radius 1 is 1.06 bits per heavy atom. The zero-order chi connectivity index (χ0) is 22.0. The van der Waals surface area contributed by atoms with E-state index in [9.17, 15) is 13.2 Å². The van der Waals surface area contributed by atoms with E-state index in [1.54, 1.807) is 29.2 Å². The summed E-state index contributed by atoms with van der Waals surface area (Å²) in [5.74, 6) is 0.885. The molecule has 1 fully saturated rings. The highest BCUT2D eigenvalue weighted by Gasteiger charge is 2.30. The number of carbonyl (C=O) groups is 1. The van der Waals surface area contributed by atoms with Crippen molar-refractivity contribution < 1.29 is 22.7 Å². The van der Waals surface area contributed by atoms with E-state index in [4.69, 9.17) is 32.7 Å². The molecule has 0 atom stereocenters. The molecule has 31 heavy (non-hydrogen) atoms. The van der Waals surface area contributed by atoms with E-state index in [-0.39, 0.29) is 23.2 Å². The molecule has 7 nitrogen and oxygen atoms in total. The number of nitrogens with zero attached hydrogens (tertiary/aromatic N) is 2. The molecule has 0 unspecified atom stereocenters. The Balaban J connectivity index is 1.39. The van der Waals surface area contributed by atoms with Gasteiger partial charge in [-0.25, -0.2) is 8.42 Å². The third kappa shape index (κ3) is 5.01. The molecule has 1 saturated heterocycles. The Morgan fingerprint density at radius 3 is 2.52 bits per heavy atom. The topological polar surface area (TPSA) is 76.2 Å². The predicted molar refractivity (Wildman–Crippen MR) is 121 cm³/mol. The van der Waals surface area contributed by atoms with Crippen molar-refractivity contribution in [3.63, 3.8) is 0 Å². The van der Waals surface area contributed by atoms with Gasteiger partial charge >= 0.3 is 0 Å². The molecule has 1 aromatic carbocycles. The van der Waals surface area contributed by atoms with E-state index < -0.39 is 10.0 Å². The highest BCUT2D eigenvalue weighted by Crippen LogP contribution is 2.38. The highest BCUT2D eigenvalue weighted by atomic mass is 35.5. The number of thiophene rings is 1. The van der Waals surface area contributed by atoms with Crippen molar-refractivity contribution in [2.45, 2.75) is 10.6 Å². The van der Waals surface area contributed by atoms with Crippen LogP contribution >= 0.6 is 34.5 Å². The highest BCUT2D eigenvalue weighted by molar-refractivity contribution is 7.91. The molecule has 2 aromatic rings. The van der Waals surface area contributed by atoms with E-state index in [1.165, 1.54) is 16.4 Å². The molecule has 0 saturated carbocycles. The number of sulfonamides is 1. The van der Waals surface area contributed by atoms with E-state index in [2.05, 4.69) is 0 Å². The first kappa shape index (κ1) is 22.4. The molecule has 3 heterocycles. The van der Waals surface area contributed by atoms with E-state index in [0.717, 1.165) is 23.3 Å². The fourth-order valence-electron chi connectivity index (χ4n) is 3.33. The molecular formula is C20H20Cl2N2O5S2. The van der Waals surface area contributed by atoms with E-state index in [1.807, 2.05) is 0 Å². The van der Waals surface area contributed by atoms with Crippen LogP contribution in [0.15, 0.2) is 34.6 Å². The van der Waals surface area contributed by atoms with Gasteiger partial charge < -0.3 is 14.4 Å². The Morgan fingerprint density at radius 2 is 1.81 bits per heavy atom. The second kappa shape index (κ2) is 9.38. The SMILES string of the molecule is O=C(C=Cc1cc(Cl)c2c(c1)OCCCO2)N1CCN(S(=O)(=O)c2ccc(Cl)s2)CC1. The van der Waals surface area contributed by atoms with Crippen LogP contribution in [0.4, 0.5) is 0 Å². The largest absolute Gasteiger partial charge is 0.489 e. The van der Waals surface area contributed by atoms with Crippen molar-refractivity contribution >= 4 is 56.5 Å². The molecule has 1 aromatic heterocycles. The van der Waals surface area contributed by atoms with Crippen LogP contribution in [0.3, 0.4) is 0 Å². The number of hydrogen-bond donors (Lipinski definition) is 0. The number of fused-ring (bicyclic) bond motifs is 1. The van der Waals surface area contributed by atoms with Gasteiger partial charge in [0.1, 0.15) is 4.21 Å². The van der Waals surface area contributed by atoms with Gasteiger partial charge in [-0.3, -0.25) is 4.79 Å². The quantitative estimate of drug-likeness (QED) is 0.594. The first-order chi connectivity index (χ1) is 14.8. The van der Waals surface area contributed by atoms with Gasteiger partial charge in [-0.15, -0.1) is 11.3 Å². The van der Waals surface area contributed by atoms with Crippen molar-refractivity contribution in [1.29, 1.82) is 0 Å². The van der Waals surface area contributed by atoms with Gasteiger partial charge in [-0.2, -0.15) is 4.31 Å². The Kier molecular flexibility index (Phi) is 6.78. The summed E-state index contributed by atoms with van der Waals surface area (Å²) in [5.41, 5.74) is 0.721. The van der Waals surface area contributed by atoms with Crippen LogP contribution in [0.1, 0.15) is 12.0 Å². The van der Waals surface area contributed by atoms with Crippen LogP contribution in [-0.2, 0) is 14.8 Å². The van der Waals surface area contributed by atoms with Gasteiger partial charge in [0.05, 0.1) is 22.6 Å². The van der Waals surface area contributed by atoms with Gasteiger partial charge in [0, 0.05) is 38.7 Å². The minimum Gasteiger partial charge on any atom is -0.489 e. The molecule has 11 heteroatoms. The van der Waals surface area contributed by atoms with Crippen LogP contribution < -0.4 is 9.47 Å². The molecule has 166 valence electrons. The minimum absolute atomic E-state index is 0.195. The molecule has 0 N–H and O–H groups in total. The number of hydrogen-bond acceptors (Lipinski definition) is 6. The second-order valence-corrected chi connectivity index (χ2v) is 11.3. The van der Waals surface area contributed by atoms with E-state index in [0.29, 0.717) is 47.2 Å². The van der Waals surface area contributed by atoms with Crippen molar-refractivity contribution in [2.24, 2.45) is 0 Å². The molecule has 2 aliphatic heterocycles. The molecule has 1 amide bonds. The number of ether oxygens (including phenoxy) is 2. The summed E-state index contributed by atoms with van der Waals surface area (Å²) >= 11 is 13.2. The summed E-state index contributed by atoms with van der Waals surface area (Å²) in [6.07, 6.45) is 3.90. The smallest absolute Gasteiger partial charge is 0.252 e. The standard InChI is InChI=1S/C20H20Cl2N2O5S2/c21-15-12-14(13-16-20(15)29-11-1-10-28-16)2-4-18(25)23-6-8-24(9-7-23)31(26,27)19-5-3-17(22)30-19/h2-5,12-13H,1,6-11H2.